The molecule has 0 aromatic carbocycles. The fourth-order valence-corrected chi connectivity index (χ4v) is 2.53. The molecule has 2 unspecified atom stereocenters. The SMILES string of the molecule is CC(OC1CCCNC1)c1cccs1.Cl. The minimum absolute atomic E-state index is 0. The highest BCUT2D eigenvalue weighted by molar-refractivity contribution is 7.10. The predicted molar refractivity (Wildman–Crippen MR) is 67.0 cm³/mol. The van der Waals surface area contributed by atoms with Crippen molar-refractivity contribution in [1.29, 1.82) is 0 Å². The van der Waals surface area contributed by atoms with E-state index in [-0.39, 0.29) is 18.5 Å². The lowest BCUT2D eigenvalue weighted by atomic mass is 10.1. The van der Waals surface area contributed by atoms with Crippen LogP contribution < -0.4 is 5.32 Å². The molecule has 1 N–H and O–H groups in total. The van der Waals surface area contributed by atoms with Gasteiger partial charge >= 0.3 is 0 Å². The van der Waals surface area contributed by atoms with Gasteiger partial charge in [0.15, 0.2) is 0 Å². The second kappa shape index (κ2) is 6.48. The molecule has 0 aliphatic carbocycles. The van der Waals surface area contributed by atoms with Crippen molar-refractivity contribution in [2.24, 2.45) is 0 Å². The number of thiophene rings is 1. The minimum Gasteiger partial charge on any atom is -0.368 e. The first-order valence-electron chi connectivity index (χ1n) is 5.26. The van der Waals surface area contributed by atoms with Crippen LogP contribution in [0.5, 0.6) is 0 Å². The smallest absolute Gasteiger partial charge is 0.0893 e. The van der Waals surface area contributed by atoms with Crippen LogP contribution in [0.1, 0.15) is 30.7 Å². The summed E-state index contributed by atoms with van der Waals surface area (Å²) in [5.41, 5.74) is 0. The summed E-state index contributed by atoms with van der Waals surface area (Å²) in [5, 5.41) is 5.47. The van der Waals surface area contributed by atoms with Crippen molar-refractivity contribution in [1.82, 2.24) is 5.32 Å². The average molecular weight is 248 g/mol. The van der Waals surface area contributed by atoms with E-state index < -0.39 is 0 Å². The van der Waals surface area contributed by atoms with Gasteiger partial charge in [0.2, 0.25) is 0 Å². The second-order valence-corrected chi connectivity index (χ2v) is 4.74. The Morgan fingerprint density at radius 3 is 3.07 bits per heavy atom. The number of nitrogens with one attached hydrogen (secondary N) is 1. The van der Waals surface area contributed by atoms with Gasteiger partial charge in [0.1, 0.15) is 0 Å². The topological polar surface area (TPSA) is 21.3 Å². The Hall–Kier alpha value is -0.0900. The second-order valence-electron chi connectivity index (χ2n) is 3.76. The minimum atomic E-state index is 0. The standard InChI is InChI=1S/C11H17NOS.ClH/c1-9(11-5-3-7-14-11)13-10-4-2-6-12-8-10;/h3,5,7,9-10,12H,2,4,6,8H2,1H3;1H. The molecule has 1 aromatic rings. The highest BCUT2D eigenvalue weighted by Gasteiger charge is 2.17. The van der Waals surface area contributed by atoms with Crippen LogP contribution >= 0.6 is 23.7 Å². The van der Waals surface area contributed by atoms with Gasteiger partial charge in [0.25, 0.3) is 0 Å². The lowest BCUT2D eigenvalue weighted by molar-refractivity contribution is -0.0133. The van der Waals surface area contributed by atoms with Gasteiger partial charge in [-0.05, 0) is 37.8 Å². The number of ether oxygens (including phenoxy) is 1. The quantitative estimate of drug-likeness (QED) is 0.887. The number of piperidine rings is 1. The van der Waals surface area contributed by atoms with Gasteiger partial charge in [-0.2, -0.15) is 0 Å². The van der Waals surface area contributed by atoms with Gasteiger partial charge in [0.05, 0.1) is 12.2 Å². The summed E-state index contributed by atoms with van der Waals surface area (Å²) >= 11 is 1.77. The summed E-state index contributed by atoms with van der Waals surface area (Å²) in [6, 6.07) is 4.23. The Labute approximate surface area is 101 Å². The van der Waals surface area contributed by atoms with E-state index in [0.717, 1.165) is 13.1 Å². The van der Waals surface area contributed by atoms with Crippen molar-refractivity contribution < 1.29 is 4.74 Å². The molecule has 0 amide bonds. The largest absolute Gasteiger partial charge is 0.368 e. The highest BCUT2D eigenvalue weighted by Crippen LogP contribution is 2.24. The molecule has 0 spiro atoms. The van der Waals surface area contributed by atoms with E-state index >= 15 is 0 Å². The molecule has 86 valence electrons. The third-order valence-electron chi connectivity index (χ3n) is 2.59. The lowest BCUT2D eigenvalue weighted by Crippen LogP contribution is -2.35. The van der Waals surface area contributed by atoms with Crippen molar-refractivity contribution in [3.63, 3.8) is 0 Å². The van der Waals surface area contributed by atoms with E-state index in [1.54, 1.807) is 11.3 Å². The van der Waals surface area contributed by atoms with E-state index in [1.807, 2.05) is 0 Å². The van der Waals surface area contributed by atoms with Gasteiger partial charge in [-0.1, -0.05) is 6.07 Å². The fraction of sp³-hybridized carbons (Fsp3) is 0.636. The van der Waals surface area contributed by atoms with E-state index in [4.69, 9.17) is 4.74 Å². The molecule has 2 atom stereocenters. The lowest BCUT2D eigenvalue weighted by Gasteiger charge is -2.26. The molecular formula is C11H18ClNOS. The molecule has 4 heteroatoms. The Balaban J connectivity index is 0.00000112. The summed E-state index contributed by atoms with van der Waals surface area (Å²) in [7, 11) is 0. The molecule has 0 radical (unpaired) electrons. The molecule has 1 aliphatic rings. The third kappa shape index (κ3) is 3.76. The summed E-state index contributed by atoms with van der Waals surface area (Å²) in [6.45, 7) is 4.30. The molecule has 15 heavy (non-hydrogen) atoms. The molecule has 1 saturated heterocycles. The average Bonchev–Trinajstić information content (AvgIpc) is 2.72. The van der Waals surface area contributed by atoms with Crippen LogP contribution in [0, 0.1) is 0 Å². The Morgan fingerprint density at radius 2 is 2.47 bits per heavy atom. The third-order valence-corrected chi connectivity index (χ3v) is 3.63. The van der Waals surface area contributed by atoms with Crippen molar-refractivity contribution in [2.75, 3.05) is 13.1 Å². The van der Waals surface area contributed by atoms with Crippen LogP contribution in [0.2, 0.25) is 0 Å². The van der Waals surface area contributed by atoms with E-state index in [9.17, 15) is 0 Å². The van der Waals surface area contributed by atoms with Crippen LogP contribution in [0.3, 0.4) is 0 Å². The highest BCUT2D eigenvalue weighted by atomic mass is 35.5. The monoisotopic (exact) mass is 247 g/mol. The molecular weight excluding hydrogens is 230 g/mol. The number of rotatable bonds is 3. The molecule has 0 saturated carbocycles. The first-order valence-corrected chi connectivity index (χ1v) is 6.14. The molecule has 2 rings (SSSR count). The number of hydrogen-bond acceptors (Lipinski definition) is 3. The van der Waals surface area contributed by atoms with E-state index in [0.29, 0.717) is 6.10 Å². The molecule has 1 fully saturated rings. The molecule has 1 aliphatic heterocycles. The Morgan fingerprint density at radius 1 is 1.60 bits per heavy atom. The Bertz CT molecular complexity index is 260. The van der Waals surface area contributed by atoms with Crippen molar-refractivity contribution in [2.45, 2.75) is 32.0 Å². The van der Waals surface area contributed by atoms with Crippen LogP contribution in [-0.2, 0) is 4.74 Å². The van der Waals surface area contributed by atoms with Gasteiger partial charge in [-0.25, -0.2) is 0 Å². The van der Waals surface area contributed by atoms with Crippen LogP contribution in [-0.4, -0.2) is 19.2 Å². The predicted octanol–water partition coefficient (Wildman–Crippen LogP) is 3.00. The van der Waals surface area contributed by atoms with Gasteiger partial charge in [-0.15, -0.1) is 23.7 Å². The zero-order chi connectivity index (χ0) is 9.80. The van der Waals surface area contributed by atoms with Gasteiger partial charge < -0.3 is 10.1 Å². The number of hydrogen-bond donors (Lipinski definition) is 1. The molecule has 2 heterocycles. The summed E-state index contributed by atoms with van der Waals surface area (Å²) < 4.78 is 5.98. The maximum absolute atomic E-state index is 5.98. The molecule has 1 aromatic heterocycles. The molecule has 2 nitrogen and oxygen atoms in total. The maximum Gasteiger partial charge on any atom is 0.0893 e. The first kappa shape index (κ1) is 13.0. The van der Waals surface area contributed by atoms with Crippen LogP contribution in [0.15, 0.2) is 17.5 Å². The summed E-state index contributed by atoms with van der Waals surface area (Å²) in [5.74, 6) is 0. The fourth-order valence-electron chi connectivity index (χ4n) is 1.81. The maximum atomic E-state index is 5.98. The van der Waals surface area contributed by atoms with E-state index in [1.165, 1.54) is 17.7 Å². The first-order chi connectivity index (χ1) is 6.86. The van der Waals surface area contributed by atoms with Crippen LogP contribution in [0.25, 0.3) is 0 Å². The van der Waals surface area contributed by atoms with Crippen molar-refractivity contribution in [3.05, 3.63) is 22.4 Å². The normalized spacial score (nSPS) is 23.1. The van der Waals surface area contributed by atoms with Gasteiger partial charge in [0, 0.05) is 11.4 Å². The zero-order valence-electron chi connectivity index (χ0n) is 8.94. The Kier molecular flexibility index (Phi) is 5.61. The number of halogens is 1. The zero-order valence-corrected chi connectivity index (χ0v) is 10.6. The van der Waals surface area contributed by atoms with Crippen LogP contribution in [0.4, 0.5) is 0 Å². The summed E-state index contributed by atoms with van der Waals surface area (Å²) in [4.78, 5) is 1.33. The van der Waals surface area contributed by atoms with Crippen molar-refractivity contribution in [3.8, 4) is 0 Å². The molecule has 0 bridgehead atoms. The van der Waals surface area contributed by atoms with Crippen molar-refractivity contribution >= 4 is 23.7 Å². The van der Waals surface area contributed by atoms with Gasteiger partial charge in [-0.3, -0.25) is 0 Å². The van der Waals surface area contributed by atoms with E-state index in [2.05, 4.69) is 29.8 Å². The summed E-state index contributed by atoms with van der Waals surface area (Å²) in [6.07, 6.45) is 3.09.